The van der Waals surface area contributed by atoms with E-state index < -0.39 is 0 Å². The Morgan fingerprint density at radius 2 is 2.00 bits per heavy atom. The zero-order valence-corrected chi connectivity index (χ0v) is 17.0. The van der Waals surface area contributed by atoms with E-state index in [1.54, 1.807) is 17.1 Å². The monoisotopic (exact) mass is 402 g/mol. The smallest absolute Gasteiger partial charge is 0.229 e. The van der Waals surface area contributed by atoms with Gasteiger partial charge in [-0.05, 0) is 18.9 Å². The Morgan fingerprint density at radius 1 is 1.24 bits per heavy atom. The highest BCUT2D eigenvalue weighted by atomic mass is 16.3. The third-order valence-electron chi connectivity index (χ3n) is 4.55. The highest BCUT2D eigenvalue weighted by molar-refractivity contribution is 5.76. The minimum atomic E-state index is 0.0359. The fraction of sp³-hybridized carbons (Fsp3) is 0.500. The van der Waals surface area contributed by atoms with Crippen molar-refractivity contribution in [2.75, 3.05) is 12.4 Å². The van der Waals surface area contributed by atoms with Gasteiger partial charge in [0.15, 0.2) is 0 Å². The highest BCUT2D eigenvalue weighted by Gasteiger charge is 2.08. The van der Waals surface area contributed by atoms with Crippen LogP contribution >= 0.6 is 0 Å². The summed E-state index contributed by atoms with van der Waals surface area (Å²) in [5, 5.41) is 24.2. The van der Waals surface area contributed by atoms with Crippen LogP contribution < -0.4 is 5.32 Å². The first-order valence-corrected chi connectivity index (χ1v) is 9.79. The average Bonchev–Trinajstić information content (AvgIpc) is 3.35. The molecule has 9 heteroatoms. The Balaban J connectivity index is 0.000000280. The highest BCUT2D eigenvalue weighted by Crippen LogP contribution is 2.17. The summed E-state index contributed by atoms with van der Waals surface area (Å²) in [7, 11) is 2.94. The van der Waals surface area contributed by atoms with E-state index in [1.807, 2.05) is 30.1 Å². The van der Waals surface area contributed by atoms with Crippen molar-refractivity contribution in [2.24, 2.45) is 7.05 Å². The van der Waals surface area contributed by atoms with Crippen molar-refractivity contribution in [3.05, 3.63) is 30.9 Å². The van der Waals surface area contributed by atoms with E-state index in [0.717, 1.165) is 43.0 Å². The Kier molecular flexibility index (Phi) is 9.26. The number of aldehydes is 1. The molecule has 1 saturated carbocycles. The second-order valence-electron chi connectivity index (χ2n) is 6.76. The second-order valence-corrected chi connectivity index (χ2v) is 6.76. The van der Waals surface area contributed by atoms with Gasteiger partial charge < -0.3 is 24.9 Å². The molecule has 0 saturated heterocycles. The lowest BCUT2D eigenvalue weighted by atomic mass is 9.98. The van der Waals surface area contributed by atoms with E-state index in [1.165, 1.54) is 19.3 Å². The number of aliphatic hydroxyl groups excluding tert-OH is 2. The van der Waals surface area contributed by atoms with Crippen molar-refractivity contribution in [1.29, 1.82) is 0 Å². The van der Waals surface area contributed by atoms with Crippen LogP contribution in [0, 0.1) is 0 Å². The molecular formula is C20H30N6O3. The fourth-order valence-electron chi connectivity index (χ4n) is 3.05. The van der Waals surface area contributed by atoms with E-state index in [9.17, 15) is 4.79 Å². The molecule has 4 rings (SSSR count). The zero-order chi connectivity index (χ0) is 21.1. The molecule has 3 aromatic rings. The van der Waals surface area contributed by atoms with Gasteiger partial charge in [-0.1, -0.05) is 19.3 Å². The van der Waals surface area contributed by atoms with Gasteiger partial charge in [0, 0.05) is 51.1 Å². The van der Waals surface area contributed by atoms with Gasteiger partial charge in [0.1, 0.15) is 11.9 Å². The number of carbonyl (C=O) groups excluding carboxylic acids is 1. The van der Waals surface area contributed by atoms with Crippen LogP contribution in [0.5, 0.6) is 0 Å². The molecule has 0 bridgehead atoms. The van der Waals surface area contributed by atoms with Crippen molar-refractivity contribution >= 4 is 29.0 Å². The lowest BCUT2D eigenvalue weighted by molar-refractivity contribution is -0.108. The van der Waals surface area contributed by atoms with Crippen molar-refractivity contribution < 1.29 is 15.0 Å². The number of anilines is 2. The number of hydrogen-bond acceptors (Lipinski definition) is 7. The summed E-state index contributed by atoms with van der Waals surface area (Å²) in [5.74, 6) is 0.522. The molecule has 0 aromatic carbocycles. The van der Waals surface area contributed by atoms with Crippen molar-refractivity contribution in [1.82, 2.24) is 24.3 Å². The number of hydrogen-bond donors (Lipinski definition) is 3. The topological polar surface area (TPSA) is 118 Å². The lowest BCUT2D eigenvalue weighted by Crippen LogP contribution is -2.09. The number of aromatic nitrogens is 5. The summed E-state index contributed by atoms with van der Waals surface area (Å²) in [5.41, 5.74) is 1.67. The Morgan fingerprint density at radius 3 is 2.66 bits per heavy atom. The maximum absolute atomic E-state index is 10.3. The van der Waals surface area contributed by atoms with Gasteiger partial charge in [-0.25, -0.2) is 4.98 Å². The Bertz CT molecular complexity index is 870. The summed E-state index contributed by atoms with van der Waals surface area (Å²) < 4.78 is 3.65. The molecule has 0 amide bonds. The first kappa shape index (κ1) is 22.5. The van der Waals surface area contributed by atoms with Crippen LogP contribution in [0.1, 0.15) is 38.5 Å². The van der Waals surface area contributed by atoms with Crippen molar-refractivity contribution in [3.8, 4) is 0 Å². The van der Waals surface area contributed by atoms with Crippen LogP contribution in [0.25, 0.3) is 11.0 Å². The third-order valence-corrected chi connectivity index (χ3v) is 4.55. The number of aliphatic hydroxyl groups is 2. The van der Waals surface area contributed by atoms with Gasteiger partial charge in [-0.2, -0.15) is 10.1 Å². The van der Waals surface area contributed by atoms with Crippen molar-refractivity contribution in [2.45, 2.75) is 51.2 Å². The molecule has 1 aliphatic rings. The molecular weight excluding hydrogens is 372 g/mol. The van der Waals surface area contributed by atoms with Gasteiger partial charge in [-0.15, -0.1) is 0 Å². The predicted octanol–water partition coefficient (Wildman–Crippen LogP) is 2.42. The molecule has 29 heavy (non-hydrogen) atoms. The van der Waals surface area contributed by atoms with Gasteiger partial charge in [0.2, 0.25) is 5.95 Å². The summed E-state index contributed by atoms with van der Waals surface area (Å²) >= 11 is 0. The number of aryl methyl sites for hydroxylation is 2. The van der Waals surface area contributed by atoms with Gasteiger partial charge in [0.05, 0.1) is 18.0 Å². The molecule has 1 aliphatic carbocycles. The standard InChI is InChI=1S/C13H14N6O.C6H12O.CH4O/c1-18-5-3-10-7-14-13(17-12(10)18)16-11-8-15-19(9-11)4-2-6-20;7-6-4-2-1-3-5-6;1-2/h3,5-9H,2,4H2,1H3,(H,14,16,17);6-7H,1-5H2;2H,1H3. The number of carbonyl (C=O) groups is 1. The predicted molar refractivity (Wildman–Crippen MR) is 112 cm³/mol. The minimum absolute atomic E-state index is 0.0359. The van der Waals surface area contributed by atoms with Crippen molar-refractivity contribution in [3.63, 3.8) is 0 Å². The molecule has 0 atom stereocenters. The van der Waals surface area contributed by atoms with E-state index in [-0.39, 0.29) is 6.10 Å². The van der Waals surface area contributed by atoms with E-state index in [2.05, 4.69) is 20.4 Å². The first-order valence-electron chi connectivity index (χ1n) is 9.79. The summed E-state index contributed by atoms with van der Waals surface area (Å²) in [4.78, 5) is 19.0. The quantitative estimate of drug-likeness (QED) is 0.561. The lowest BCUT2D eigenvalue weighted by Gasteiger charge is -2.14. The fourth-order valence-corrected chi connectivity index (χ4v) is 3.05. The number of rotatable bonds is 5. The van der Waals surface area contributed by atoms with Crippen LogP contribution in [-0.4, -0.2) is 54.0 Å². The SMILES string of the molecule is CO.Cn1ccc2cnc(Nc3cnn(CCC=O)c3)nc21.OC1CCCCC1. The largest absolute Gasteiger partial charge is 0.400 e. The third kappa shape index (κ3) is 6.95. The van der Waals surface area contributed by atoms with Gasteiger partial charge >= 0.3 is 0 Å². The van der Waals surface area contributed by atoms with Crippen LogP contribution in [0.15, 0.2) is 30.9 Å². The Labute approximate surface area is 170 Å². The van der Waals surface area contributed by atoms with E-state index >= 15 is 0 Å². The molecule has 0 radical (unpaired) electrons. The van der Waals surface area contributed by atoms with Crippen LogP contribution in [0.2, 0.25) is 0 Å². The molecule has 3 aromatic heterocycles. The summed E-state index contributed by atoms with van der Waals surface area (Å²) in [6, 6.07) is 1.97. The normalized spacial score (nSPS) is 13.8. The number of fused-ring (bicyclic) bond motifs is 1. The maximum atomic E-state index is 10.3. The molecule has 0 spiro atoms. The Hall–Kier alpha value is -2.78. The molecule has 0 unspecified atom stereocenters. The molecule has 158 valence electrons. The zero-order valence-electron chi connectivity index (χ0n) is 17.0. The van der Waals surface area contributed by atoms with E-state index in [4.69, 9.17) is 10.2 Å². The van der Waals surface area contributed by atoms with Gasteiger partial charge in [0.25, 0.3) is 0 Å². The van der Waals surface area contributed by atoms with Crippen LogP contribution in [0.4, 0.5) is 11.6 Å². The summed E-state index contributed by atoms with van der Waals surface area (Å²) in [6.45, 7) is 0.572. The molecule has 3 N–H and O–H groups in total. The summed E-state index contributed by atoms with van der Waals surface area (Å²) in [6.07, 6.45) is 14.5. The average molecular weight is 402 g/mol. The minimum Gasteiger partial charge on any atom is -0.400 e. The molecule has 1 fully saturated rings. The maximum Gasteiger partial charge on any atom is 0.229 e. The van der Waals surface area contributed by atoms with Gasteiger partial charge in [-0.3, -0.25) is 4.68 Å². The van der Waals surface area contributed by atoms with Crippen LogP contribution in [-0.2, 0) is 18.4 Å². The molecule has 9 nitrogen and oxygen atoms in total. The second kappa shape index (κ2) is 11.9. The first-order chi connectivity index (χ1) is 14.2. The molecule has 3 heterocycles. The molecule has 0 aliphatic heterocycles. The number of nitrogens with one attached hydrogen (secondary N) is 1. The van der Waals surface area contributed by atoms with Crippen LogP contribution in [0.3, 0.4) is 0 Å². The number of nitrogens with zero attached hydrogens (tertiary/aromatic N) is 5. The van der Waals surface area contributed by atoms with E-state index in [0.29, 0.717) is 18.9 Å².